The zero-order valence-corrected chi connectivity index (χ0v) is 24.7. The van der Waals surface area contributed by atoms with Crippen molar-refractivity contribution in [2.24, 2.45) is 11.7 Å². The van der Waals surface area contributed by atoms with E-state index in [1.165, 1.54) is 61.7 Å². The third-order valence-corrected chi connectivity index (χ3v) is 8.82. The molecular formula is C30H26Cl2F4N4O4. The number of amides is 3. The van der Waals surface area contributed by atoms with Crippen LogP contribution in [-0.2, 0) is 15.0 Å². The van der Waals surface area contributed by atoms with E-state index in [0.29, 0.717) is 0 Å². The fourth-order valence-electron chi connectivity index (χ4n) is 6.22. The maximum Gasteiger partial charge on any atom is 0.391 e. The number of alkyl halides is 3. The highest BCUT2D eigenvalue weighted by molar-refractivity contribution is 6.31. The van der Waals surface area contributed by atoms with Gasteiger partial charge in [-0.1, -0.05) is 48.3 Å². The number of primary amides is 1. The molecule has 5 N–H and O–H groups in total. The number of methoxy groups -OCH3 is 1. The van der Waals surface area contributed by atoms with Gasteiger partial charge in [0.25, 0.3) is 0 Å². The average Bonchev–Trinajstić information content (AvgIpc) is 3.44. The third-order valence-electron chi connectivity index (χ3n) is 8.30. The van der Waals surface area contributed by atoms with E-state index >= 15 is 4.39 Å². The van der Waals surface area contributed by atoms with Gasteiger partial charge in [0.2, 0.25) is 17.7 Å². The van der Waals surface area contributed by atoms with Crippen LogP contribution < -0.4 is 26.4 Å². The van der Waals surface area contributed by atoms with Crippen molar-refractivity contribution in [2.45, 2.75) is 42.9 Å². The van der Waals surface area contributed by atoms with Crippen molar-refractivity contribution in [1.82, 2.24) is 5.32 Å². The summed E-state index contributed by atoms with van der Waals surface area (Å²) in [6, 6.07) is 9.69. The number of anilines is 2. The molecule has 232 valence electrons. The van der Waals surface area contributed by atoms with E-state index in [-0.39, 0.29) is 43.9 Å². The summed E-state index contributed by atoms with van der Waals surface area (Å²) >= 11 is 12.3. The van der Waals surface area contributed by atoms with Crippen LogP contribution in [0.2, 0.25) is 10.0 Å². The standard InChI is InChI=1S/C30H26Cl2F4N4O4/c1-13(30(34,35)36)10-22-29(17-8-7-15(31)12-20(17)39-28(29)43)23(16-4-3-5-18(32)24(16)33)25(40-22)27(42)38-19-9-6-14(26(37)41)11-21(19)44-2/h3-9,11-13,22-23,25,40H,10H2,1-2H3,(H2,37,41)(H,38,42)(H,39,43)/t13-,22?,23?,25?,29?/m0/s1. The Labute approximate surface area is 259 Å². The minimum Gasteiger partial charge on any atom is -0.495 e. The molecule has 8 nitrogen and oxygen atoms in total. The highest BCUT2D eigenvalue weighted by atomic mass is 35.5. The fraction of sp³-hybridized carbons (Fsp3) is 0.300. The summed E-state index contributed by atoms with van der Waals surface area (Å²) in [5.74, 6) is -6.44. The van der Waals surface area contributed by atoms with Crippen LogP contribution in [-0.4, -0.2) is 43.1 Å². The Morgan fingerprint density at radius 3 is 2.52 bits per heavy atom. The first-order valence-electron chi connectivity index (χ1n) is 13.4. The average molecular weight is 653 g/mol. The number of hydrogen-bond acceptors (Lipinski definition) is 5. The molecule has 3 aromatic rings. The number of rotatable bonds is 7. The molecular weight excluding hydrogens is 627 g/mol. The molecule has 3 amide bonds. The normalized spacial score (nSPS) is 23.3. The Bertz CT molecular complexity index is 1670. The van der Waals surface area contributed by atoms with Gasteiger partial charge in [-0.2, -0.15) is 13.2 Å². The van der Waals surface area contributed by atoms with Crippen LogP contribution in [0.4, 0.5) is 28.9 Å². The Morgan fingerprint density at radius 2 is 1.86 bits per heavy atom. The SMILES string of the molecule is COc1cc(C(N)=O)ccc1NC(=O)C1NC(C[C@H](C)C(F)(F)F)C2(C(=O)Nc3cc(Cl)ccc32)C1c1cccc(Cl)c1F. The van der Waals surface area contributed by atoms with Gasteiger partial charge in [0, 0.05) is 28.2 Å². The minimum absolute atomic E-state index is 0.0636. The van der Waals surface area contributed by atoms with Crippen molar-refractivity contribution < 1.29 is 36.7 Å². The Balaban J connectivity index is 1.70. The van der Waals surface area contributed by atoms with E-state index in [0.717, 1.165) is 6.92 Å². The maximum atomic E-state index is 15.9. The molecule has 2 aliphatic rings. The second-order valence-electron chi connectivity index (χ2n) is 10.8. The van der Waals surface area contributed by atoms with Gasteiger partial charge in [-0.3, -0.25) is 14.4 Å². The molecule has 3 aromatic carbocycles. The zero-order chi connectivity index (χ0) is 32.1. The lowest BCUT2D eigenvalue weighted by atomic mass is 9.63. The molecule has 1 fully saturated rings. The second-order valence-corrected chi connectivity index (χ2v) is 11.6. The first kappa shape index (κ1) is 31.6. The molecule has 14 heteroatoms. The lowest BCUT2D eigenvalue weighted by molar-refractivity contribution is -0.173. The molecule has 0 radical (unpaired) electrons. The molecule has 2 aliphatic heterocycles. The monoisotopic (exact) mass is 652 g/mol. The Kier molecular flexibility index (Phi) is 8.29. The molecule has 0 aromatic heterocycles. The van der Waals surface area contributed by atoms with Crippen LogP contribution >= 0.6 is 23.2 Å². The summed E-state index contributed by atoms with van der Waals surface area (Å²) in [5, 5.41) is 8.26. The third kappa shape index (κ3) is 5.24. The van der Waals surface area contributed by atoms with Gasteiger partial charge in [0.05, 0.1) is 29.8 Å². The van der Waals surface area contributed by atoms with E-state index in [4.69, 9.17) is 33.7 Å². The van der Waals surface area contributed by atoms with Crippen molar-refractivity contribution in [3.63, 3.8) is 0 Å². The molecule has 2 heterocycles. The number of hydrogen-bond donors (Lipinski definition) is 4. The first-order valence-corrected chi connectivity index (χ1v) is 14.1. The van der Waals surface area contributed by atoms with Gasteiger partial charge >= 0.3 is 6.18 Å². The second kappa shape index (κ2) is 11.6. The first-order chi connectivity index (χ1) is 20.7. The maximum absolute atomic E-state index is 15.9. The van der Waals surface area contributed by atoms with Crippen LogP contribution in [0.15, 0.2) is 54.6 Å². The zero-order valence-electron chi connectivity index (χ0n) is 23.2. The molecule has 5 atom stereocenters. The summed E-state index contributed by atoms with van der Waals surface area (Å²) < 4.78 is 62.9. The number of carbonyl (C=O) groups excluding carboxylic acids is 3. The fourth-order valence-corrected chi connectivity index (χ4v) is 6.57. The van der Waals surface area contributed by atoms with Crippen molar-refractivity contribution in [1.29, 1.82) is 0 Å². The van der Waals surface area contributed by atoms with Gasteiger partial charge in [-0.25, -0.2) is 4.39 Å². The summed E-state index contributed by atoms with van der Waals surface area (Å²) in [6.07, 6.45) is -5.26. The number of halogens is 6. The minimum atomic E-state index is -4.63. The number of nitrogens with one attached hydrogen (secondary N) is 3. The van der Waals surface area contributed by atoms with E-state index in [2.05, 4.69) is 16.0 Å². The predicted octanol–water partition coefficient (Wildman–Crippen LogP) is 5.78. The molecule has 0 saturated carbocycles. The molecule has 1 saturated heterocycles. The summed E-state index contributed by atoms with van der Waals surface area (Å²) in [4.78, 5) is 39.8. The van der Waals surface area contributed by atoms with Gasteiger partial charge in [0.15, 0.2) is 0 Å². The van der Waals surface area contributed by atoms with E-state index < -0.39 is 65.5 Å². The topological polar surface area (TPSA) is 123 Å². The highest BCUT2D eigenvalue weighted by Crippen LogP contribution is 2.57. The van der Waals surface area contributed by atoms with Gasteiger partial charge in [-0.05, 0) is 53.9 Å². The lowest BCUT2D eigenvalue weighted by Gasteiger charge is -2.36. The van der Waals surface area contributed by atoms with Crippen molar-refractivity contribution in [3.8, 4) is 5.75 Å². The van der Waals surface area contributed by atoms with Crippen molar-refractivity contribution in [3.05, 3.63) is 87.2 Å². The molecule has 5 rings (SSSR count). The smallest absolute Gasteiger partial charge is 0.391 e. The van der Waals surface area contributed by atoms with Crippen LogP contribution in [0.1, 0.15) is 40.7 Å². The number of nitrogens with two attached hydrogens (primary N) is 1. The van der Waals surface area contributed by atoms with E-state index in [1.807, 2.05) is 0 Å². The molecule has 4 unspecified atom stereocenters. The largest absolute Gasteiger partial charge is 0.495 e. The van der Waals surface area contributed by atoms with Gasteiger partial charge < -0.3 is 26.4 Å². The summed E-state index contributed by atoms with van der Waals surface area (Å²) in [6.45, 7) is 0.971. The van der Waals surface area contributed by atoms with Crippen molar-refractivity contribution >= 4 is 52.3 Å². The Hall–Kier alpha value is -3.87. The quantitative estimate of drug-likeness (QED) is 0.241. The highest BCUT2D eigenvalue weighted by Gasteiger charge is 2.66. The van der Waals surface area contributed by atoms with Gasteiger partial charge in [0.1, 0.15) is 17.0 Å². The molecule has 44 heavy (non-hydrogen) atoms. The van der Waals surface area contributed by atoms with Crippen LogP contribution in [0.25, 0.3) is 0 Å². The van der Waals surface area contributed by atoms with Crippen molar-refractivity contribution in [2.75, 3.05) is 17.7 Å². The number of carbonyl (C=O) groups is 3. The van der Waals surface area contributed by atoms with Crippen LogP contribution in [0, 0.1) is 11.7 Å². The Morgan fingerprint density at radius 1 is 1.14 bits per heavy atom. The molecule has 1 spiro atoms. The molecule has 0 bridgehead atoms. The van der Waals surface area contributed by atoms with Gasteiger partial charge in [-0.15, -0.1) is 0 Å². The van der Waals surface area contributed by atoms with Crippen LogP contribution in [0.3, 0.4) is 0 Å². The number of ether oxygens (including phenoxy) is 1. The lowest BCUT2D eigenvalue weighted by Crippen LogP contribution is -2.49. The number of benzene rings is 3. The van der Waals surface area contributed by atoms with Crippen LogP contribution in [0.5, 0.6) is 5.75 Å². The summed E-state index contributed by atoms with van der Waals surface area (Å²) in [5.41, 5.74) is 3.97. The number of fused-ring (bicyclic) bond motifs is 2. The summed E-state index contributed by atoms with van der Waals surface area (Å²) in [7, 11) is 1.29. The molecule has 0 aliphatic carbocycles. The predicted molar refractivity (Wildman–Crippen MR) is 157 cm³/mol. The van der Waals surface area contributed by atoms with E-state index in [9.17, 15) is 27.6 Å². The van der Waals surface area contributed by atoms with E-state index in [1.54, 1.807) is 0 Å².